The van der Waals surface area contributed by atoms with Crippen LogP contribution in [0.15, 0.2) is 18.2 Å². The zero-order valence-corrected chi connectivity index (χ0v) is 27.7. The second-order valence-electron chi connectivity index (χ2n) is 14.9. The summed E-state index contributed by atoms with van der Waals surface area (Å²) in [5.74, 6) is 2.25. The third-order valence-electron chi connectivity index (χ3n) is 10.8. The van der Waals surface area contributed by atoms with E-state index in [1.165, 1.54) is 6.92 Å². The van der Waals surface area contributed by atoms with Crippen molar-refractivity contribution in [2.75, 3.05) is 13.7 Å². The van der Waals surface area contributed by atoms with Crippen LogP contribution in [0.5, 0.6) is 11.6 Å². The van der Waals surface area contributed by atoms with E-state index < -0.39 is 29.7 Å². The molecule has 2 aliphatic heterocycles. The second kappa shape index (κ2) is 12.1. The number of alkyl carbamates (subject to hydrolysis) is 1. The normalized spacial score (nSPS) is 33.9. The van der Waals surface area contributed by atoms with E-state index in [2.05, 4.69) is 12.2 Å². The number of hydrogen-bond donors (Lipinski definition) is 1. The fourth-order valence-corrected chi connectivity index (χ4v) is 8.22. The Hall–Kier alpha value is -3.43. The van der Waals surface area contributed by atoms with Crippen molar-refractivity contribution in [2.45, 2.75) is 104 Å². The molecule has 0 spiro atoms. The number of nitrogens with one attached hydrogen (secondary N) is 1. The first-order valence-electron chi connectivity index (χ1n) is 16.7. The van der Waals surface area contributed by atoms with Crippen molar-refractivity contribution in [2.24, 2.45) is 35.0 Å². The van der Waals surface area contributed by atoms with Crippen LogP contribution in [0, 0.1) is 35.0 Å². The van der Waals surface area contributed by atoms with Crippen LogP contribution in [0.3, 0.4) is 0 Å². The number of hydrogen-bond acceptors (Lipinski definition) is 8. The lowest BCUT2D eigenvalue weighted by molar-refractivity contribution is -0.141. The van der Waals surface area contributed by atoms with Gasteiger partial charge in [-0.3, -0.25) is 9.59 Å². The van der Waals surface area contributed by atoms with E-state index in [1.54, 1.807) is 12.0 Å². The summed E-state index contributed by atoms with van der Waals surface area (Å²) >= 11 is 0. The molecule has 0 unspecified atom stereocenters. The molecule has 2 aromatic rings. The highest BCUT2D eigenvalue weighted by Gasteiger charge is 2.61. The van der Waals surface area contributed by atoms with Crippen LogP contribution in [0.1, 0.15) is 79.3 Å². The second-order valence-corrected chi connectivity index (χ2v) is 14.9. The van der Waals surface area contributed by atoms with E-state index in [4.69, 9.17) is 24.2 Å². The van der Waals surface area contributed by atoms with Crippen LogP contribution in [-0.4, -0.2) is 70.6 Å². The molecule has 2 amide bonds. The number of ether oxygens (including phenoxy) is 3. The molecule has 45 heavy (non-hydrogen) atoms. The maximum absolute atomic E-state index is 14.3. The van der Waals surface area contributed by atoms with Gasteiger partial charge < -0.3 is 24.4 Å². The summed E-state index contributed by atoms with van der Waals surface area (Å²) < 4.78 is 18.2. The fourth-order valence-electron chi connectivity index (χ4n) is 8.22. The molecule has 2 saturated carbocycles. The Morgan fingerprint density at radius 2 is 1.82 bits per heavy atom. The van der Waals surface area contributed by atoms with Crippen molar-refractivity contribution in [1.82, 2.24) is 20.2 Å². The minimum Gasteiger partial charge on any atom is -0.497 e. The Balaban J connectivity index is 1.36. The Bertz CT molecular complexity index is 1470. The average Bonchev–Trinajstić information content (AvgIpc) is 3.28. The van der Waals surface area contributed by atoms with E-state index in [0.717, 1.165) is 43.3 Å². The maximum Gasteiger partial charge on any atom is 0.408 e. The van der Waals surface area contributed by atoms with Gasteiger partial charge in [0.1, 0.15) is 29.7 Å². The average molecular weight is 621 g/mol. The molecule has 9 atom stereocenters. The zero-order chi connectivity index (χ0) is 32.2. The van der Waals surface area contributed by atoms with E-state index in [9.17, 15) is 14.4 Å². The number of amides is 2. The smallest absolute Gasteiger partial charge is 0.408 e. The Morgan fingerprint density at radius 1 is 1.04 bits per heavy atom. The standard InChI is InChI=1S/C35H48N4O6/c1-18-23-15-21-11-9-8-10-12-25-32(37-26-16-22(43-7)13-14-24(26)36-25)44-27-17-39(29(19(27)2)20(3)40)33(41)31(35(4,5)6)38-34(42)45-30(21)28(18)23/h13-14,16,18-19,21,23,27-31H,8-12,15,17H2,1-7H3,(H,38,42)/t18-,19+,21+,23+,27-,28-,29-,30-,31+/m0/s1. The van der Waals surface area contributed by atoms with Gasteiger partial charge in [-0.1, -0.05) is 47.5 Å². The molecule has 1 aromatic heterocycles. The van der Waals surface area contributed by atoms with Crippen molar-refractivity contribution in [3.8, 4) is 11.6 Å². The Kier molecular flexibility index (Phi) is 8.46. The van der Waals surface area contributed by atoms with Crippen molar-refractivity contribution in [3.05, 3.63) is 23.9 Å². The molecule has 3 fully saturated rings. The van der Waals surface area contributed by atoms with Gasteiger partial charge in [-0.05, 0) is 67.9 Å². The minimum atomic E-state index is -0.882. The Morgan fingerprint density at radius 3 is 2.53 bits per heavy atom. The molecule has 2 bridgehead atoms. The third kappa shape index (κ3) is 6.09. The highest BCUT2D eigenvalue weighted by atomic mass is 16.6. The van der Waals surface area contributed by atoms with Crippen molar-refractivity contribution in [3.63, 3.8) is 0 Å². The summed E-state index contributed by atoms with van der Waals surface area (Å²) in [6, 6.07) is 4.04. The van der Waals surface area contributed by atoms with Crippen LogP contribution in [0.2, 0.25) is 0 Å². The van der Waals surface area contributed by atoms with Gasteiger partial charge in [-0.15, -0.1) is 0 Å². The number of carbonyl (C=O) groups is 3. The molecule has 3 heterocycles. The van der Waals surface area contributed by atoms with E-state index >= 15 is 0 Å². The summed E-state index contributed by atoms with van der Waals surface area (Å²) in [5, 5.41) is 2.94. The van der Waals surface area contributed by atoms with Gasteiger partial charge in [0.05, 0.1) is 30.7 Å². The lowest BCUT2D eigenvalue weighted by atomic mass is 9.85. The van der Waals surface area contributed by atoms with Gasteiger partial charge in [-0.2, -0.15) is 0 Å². The summed E-state index contributed by atoms with van der Waals surface area (Å²) in [6.45, 7) is 11.6. The first-order valence-corrected chi connectivity index (χ1v) is 16.7. The van der Waals surface area contributed by atoms with Gasteiger partial charge in [0.25, 0.3) is 0 Å². The highest BCUT2D eigenvalue weighted by Crippen LogP contribution is 2.61. The highest BCUT2D eigenvalue weighted by molar-refractivity contribution is 5.92. The number of fused-ring (bicyclic) bond motifs is 7. The number of ketones is 1. The quantitative estimate of drug-likeness (QED) is 0.477. The number of rotatable bonds is 2. The predicted molar refractivity (Wildman–Crippen MR) is 169 cm³/mol. The number of methoxy groups -OCH3 is 1. The molecule has 10 heteroatoms. The van der Waals surface area contributed by atoms with E-state index in [1.807, 2.05) is 45.9 Å². The monoisotopic (exact) mass is 620 g/mol. The molecule has 6 rings (SSSR count). The summed E-state index contributed by atoms with van der Waals surface area (Å²) in [4.78, 5) is 52.3. The molecule has 2 aliphatic carbocycles. The molecule has 1 saturated heterocycles. The molecule has 4 aliphatic rings. The molecular formula is C35H48N4O6. The first-order chi connectivity index (χ1) is 21.4. The molecule has 1 aromatic carbocycles. The maximum atomic E-state index is 14.3. The van der Waals surface area contributed by atoms with Gasteiger partial charge in [-0.25, -0.2) is 14.8 Å². The van der Waals surface area contributed by atoms with Gasteiger partial charge >= 0.3 is 6.09 Å². The van der Waals surface area contributed by atoms with Crippen molar-refractivity contribution >= 4 is 28.8 Å². The number of carbonyl (C=O) groups excluding carboxylic acids is 3. The number of Topliss-reactive ketones (excluding diaryl/α,β-unsaturated/α-hetero) is 1. The van der Waals surface area contributed by atoms with Crippen LogP contribution in [-0.2, 0) is 20.7 Å². The summed E-state index contributed by atoms with van der Waals surface area (Å²) in [5.41, 5.74) is 1.58. The van der Waals surface area contributed by atoms with Gasteiger partial charge in [0, 0.05) is 17.9 Å². The third-order valence-corrected chi connectivity index (χ3v) is 10.8. The van der Waals surface area contributed by atoms with Crippen LogP contribution < -0.4 is 14.8 Å². The zero-order valence-electron chi connectivity index (χ0n) is 27.7. The van der Waals surface area contributed by atoms with Crippen molar-refractivity contribution in [1.29, 1.82) is 0 Å². The molecule has 1 N–H and O–H groups in total. The number of nitrogens with zero attached hydrogens (tertiary/aromatic N) is 3. The predicted octanol–water partition coefficient (Wildman–Crippen LogP) is 5.35. The number of aromatic nitrogens is 2. The van der Waals surface area contributed by atoms with E-state index in [0.29, 0.717) is 47.2 Å². The lowest BCUT2D eigenvalue weighted by Gasteiger charge is -2.35. The summed E-state index contributed by atoms with van der Waals surface area (Å²) in [6.07, 6.45) is 4.58. The minimum absolute atomic E-state index is 0.125. The molecule has 244 valence electrons. The SMILES string of the molecule is COc1ccc2nc3c(nc2c1)O[C@H]1CN(C(=O)[C@H](C(C)(C)C)NC(=O)O[C@H]2[C@H](CCCCC3)C[C@@H]3[C@H](C)[C@@H]32)[C@H](C(C)=O)[C@@H]1C. The van der Waals surface area contributed by atoms with Gasteiger partial charge in [0.2, 0.25) is 11.8 Å². The molecule has 0 radical (unpaired) electrons. The topological polar surface area (TPSA) is 120 Å². The van der Waals surface area contributed by atoms with Crippen LogP contribution in [0.4, 0.5) is 4.79 Å². The van der Waals surface area contributed by atoms with Gasteiger partial charge in [0.15, 0.2) is 5.78 Å². The number of aryl methyl sites for hydroxylation is 1. The Labute approximate surface area is 266 Å². The summed E-state index contributed by atoms with van der Waals surface area (Å²) in [7, 11) is 1.62. The number of benzene rings is 1. The fraction of sp³-hybridized carbons (Fsp3) is 0.686. The van der Waals surface area contributed by atoms with Crippen LogP contribution >= 0.6 is 0 Å². The molecular weight excluding hydrogens is 572 g/mol. The largest absolute Gasteiger partial charge is 0.497 e. The van der Waals surface area contributed by atoms with E-state index in [-0.39, 0.29) is 30.3 Å². The van der Waals surface area contributed by atoms with Crippen molar-refractivity contribution < 1.29 is 28.6 Å². The van der Waals surface area contributed by atoms with Crippen LogP contribution in [0.25, 0.3) is 11.0 Å². The lowest BCUT2D eigenvalue weighted by Crippen LogP contribution is -2.57. The first kappa shape index (κ1) is 31.5. The molecule has 10 nitrogen and oxygen atoms in total.